The van der Waals surface area contributed by atoms with Gasteiger partial charge < -0.3 is 19.9 Å². The summed E-state index contributed by atoms with van der Waals surface area (Å²) in [7, 11) is 0. The van der Waals surface area contributed by atoms with E-state index in [-0.39, 0.29) is 6.79 Å². The minimum atomic E-state index is 0.261. The van der Waals surface area contributed by atoms with Gasteiger partial charge in [0.15, 0.2) is 11.5 Å². The van der Waals surface area contributed by atoms with E-state index in [2.05, 4.69) is 0 Å². The van der Waals surface area contributed by atoms with E-state index in [1.807, 2.05) is 43.3 Å². The molecule has 0 unspecified atom stereocenters. The average Bonchev–Trinajstić information content (AvgIpc) is 2.88. The van der Waals surface area contributed by atoms with Crippen molar-refractivity contribution in [3.05, 3.63) is 47.5 Å². The van der Waals surface area contributed by atoms with Crippen LogP contribution in [0.2, 0.25) is 0 Å². The third-order valence-corrected chi connectivity index (χ3v) is 3.08. The summed E-state index contributed by atoms with van der Waals surface area (Å²) in [5.74, 6) is 2.98. The van der Waals surface area contributed by atoms with E-state index in [0.717, 1.165) is 22.6 Å². The first-order valence-corrected chi connectivity index (χ1v) is 6.14. The molecule has 0 spiro atoms. The highest BCUT2D eigenvalue weighted by Gasteiger charge is 2.15. The first kappa shape index (κ1) is 11.9. The highest BCUT2D eigenvalue weighted by Crippen LogP contribution is 2.37. The van der Waals surface area contributed by atoms with Crippen LogP contribution in [-0.4, -0.2) is 6.79 Å². The third-order valence-electron chi connectivity index (χ3n) is 3.08. The van der Waals surface area contributed by atoms with E-state index in [1.54, 1.807) is 0 Å². The third kappa shape index (κ3) is 2.22. The van der Waals surface area contributed by atoms with Gasteiger partial charge >= 0.3 is 0 Å². The van der Waals surface area contributed by atoms with Crippen LogP contribution in [0.5, 0.6) is 23.0 Å². The topological polar surface area (TPSA) is 53.7 Å². The van der Waals surface area contributed by atoms with Crippen LogP contribution < -0.4 is 19.9 Å². The highest BCUT2D eigenvalue weighted by atomic mass is 16.7. The summed E-state index contributed by atoms with van der Waals surface area (Å²) in [6, 6.07) is 11.5. The van der Waals surface area contributed by atoms with E-state index in [4.69, 9.17) is 19.9 Å². The van der Waals surface area contributed by atoms with Crippen LogP contribution in [0.15, 0.2) is 36.4 Å². The number of aryl methyl sites for hydroxylation is 1. The van der Waals surface area contributed by atoms with Crippen molar-refractivity contribution < 1.29 is 14.2 Å². The molecule has 0 saturated heterocycles. The maximum absolute atomic E-state index is 5.94. The summed E-state index contributed by atoms with van der Waals surface area (Å²) in [5, 5.41) is 0. The number of benzene rings is 2. The maximum atomic E-state index is 5.94. The molecule has 0 radical (unpaired) electrons. The second kappa shape index (κ2) is 4.82. The normalized spacial score (nSPS) is 12.5. The van der Waals surface area contributed by atoms with Gasteiger partial charge in [-0.2, -0.15) is 0 Å². The molecule has 19 heavy (non-hydrogen) atoms. The second-order valence-corrected chi connectivity index (χ2v) is 4.38. The fraction of sp³-hybridized carbons (Fsp3) is 0.200. The summed E-state index contributed by atoms with van der Waals surface area (Å²) >= 11 is 0. The summed E-state index contributed by atoms with van der Waals surface area (Å²) in [4.78, 5) is 0. The number of hydrogen-bond acceptors (Lipinski definition) is 4. The van der Waals surface area contributed by atoms with E-state index in [1.165, 1.54) is 0 Å². The van der Waals surface area contributed by atoms with Crippen molar-refractivity contribution in [3.63, 3.8) is 0 Å². The molecular weight excluding hydrogens is 242 g/mol. The molecule has 1 aliphatic rings. The van der Waals surface area contributed by atoms with E-state index in [9.17, 15) is 0 Å². The lowest BCUT2D eigenvalue weighted by Gasteiger charge is -2.13. The minimum Gasteiger partial charge on any atom is -0.457 e. The van der Waals surface area contributed by atoms with Gasteiger partial charge in [-0.3, -0.25) is 0 Å². The summed E-state index contributed by atoms with van der Waals surface area (Å²) in [6.45, 7) is 2.71. The van der Waals surface area contributed by atoms with E-state index in [0.29, 0.717) is 18.0 Å². The van der Waals surface area contributed by atoms with Gasteiger partial charge in [-0.25, -0.2) is 0 Å². The molecule has 0 saturated carbocycles. The Labute approximate surface area is 111 Å². The lowest BCUT2D eigenvalue weighted by molar-refractivity contribution is 0.174. The molecule has 1 aliphatic heterocycles. The van der Waals surface area contributed by atoms with Crippen molar-refractivity contribution in [1.29, 1.82) is 0 Å². The van der Waals surface area contributed by atoms with Crippen molar-refractivity contribution in [2.24, 2.45) is 5.73 Å². The molecular formula is C15H15NO3. The quantitative estimate of drug-likeness (QED) is 0.918. The lowest BCUT2D eigenvalue weighted by atomic mass is 10.1. The van der Waals surface area contributed by atoms with Crippen LogP contribution in [-0.2, 0) is 6.54 Å². The molecule has 0 bridgehead atoms. The molecule has 2 aromatic carbocycles. The smallest absolute Gasteiger partial charge is 0.231 e. The van der Waals surface area contributed by atoms with Gasteiger partial charge in [0.2, 0.25) is 6.79 Å². The number of ether oxygens (including phenoxy) is 3. The molecule has 0 atom stereocenters. The Morgan fingerprint density at radius 3 is 2.84 bits per heavy atom. The number of nitrogens with two attached hydrogens (primary N) is 1. The predicted octanol–water partition coefficient (Wildman–Crippen LogP) is 2.97. The predicted molar refractivity (Wildman–Crippen MR) is 71.7 cm³/mol. The fourth-order valence-electron chi connectivity index (χ4n) is 2.08. The van der Waals surface area contributed by atoms with E-state index < -0.39 is 0 Å². The minimum absolute atomic E-state index is 0.261. The van der Waals surface area contributed by atoms with Gasteiger partial charge in [-0.05, 0) is 24.6 Å². The molecule has 98 valence electrons. The van der Waals surface area contributed by atoms with Gasteiger partial charge in [0, 0.05) is 18.2 Å². The van der Waals surface area contributed by atoms with Crippen molar-refractivity contribution in [2.45, 2.75) is 13.5 Å². The molecule has 1 heterocycles. The SMILES string of the molecule is Cc1cccc(CN)c1Oc1ccc2c(c1)OCO2. The van der Waals surface area contributed by atoms with Crippen LogP contribution >= 0.6 is 0 Å². The Bertz CT molecular complexity index is 610. The standard InChI is InChI=1S/C15H15NO3/c1-10-3-2-4-11(8-16)15(10)19-12-5-6-13-14(7-12)18-9-17-13/h2-7H,8-9,16H2,1H3. The first-order chi connectivity index (χ1) is 9.28. The molecule has 3 rings (SSSR count). The molecule has 2 N–H and O–H groups in total. The Kier molecular flexibility index (Phi) is 3.01. The number of hydrogen-bond donors (Lipinski definition) is 1. The number of rotatable bonds is 3. The van der Waals surface area contributed by atoms with Gasteiger partial charge in [0.05, 0.1) is 0 Å². The van der Waals surface area contributed by atoms with Crippen molar-refractivity contribution in [1.82, 2.24) is 0 Å². The molecule has 4 nitrogen and oxygen atoms in total. The van der Waals surface area contributed by atoms with Crippen molar-refractivity contribution >= 4 is 0 Å². The molecule has 0 aromatic heterocycles. The molecule has 0 amide bonds. The van der Waals surface area contributed by atoms with Gasteiger partial charge in [0.1, 0.15) is 11.5 Å². The molecule has 0 aliphatic carbocycles. The van der Waals surface area contributed by atoms with Crippen LogP contribution in [0.25, 0.3) is 0 Å². The number of fused-ring (bicyclic) bond motifs is 1. The van der Waals surface area contributed by atoms with Crippen molar-refractivity contribution in [3.8, 4) is 23.0 Å². The average molecular weight is 257 g/mol. The maximum Gasteiger partial charge on any atom is 0.231 e. The Balaban J connectivity index is 1.93. The van der Waals surface area contributed by atoms with Gasteiger partial charge in [-0.15, -0.1) is 0 Å². The van der Waals surface area contributed by atoms with Crippen LogP contribution in [0.3, 0.4) is 0 Å². The number of para-hydroxylation sites is 1. The second-order valence-electron chi connectivity index (χ2n) is 4.38. The van der Waals surface area contributed by atoms with Crippen LogP contribution in [0, 0.1) is 6.92 Å². The van der Waals surface area contributed by atoms with Crippen LogP contribution in [0.1, 0.15) is 11.1 Å². The lowest BCUT2D eigenvalue weighted by Crippen LogP contribution is -2.00. The zero-order chi connectivity index (χ0) is 13.2. The highest BCUT2D eigenvalue weighted by molar-refractivity contribution is 5.50. The van der Waals surface area contributed by atoms with E-state index >= 15 is 0 Å². The van der Waals surface area contributed by atoms with Gasteiger partial charge in [0.25, 0.3) is 0 Å². The largest absolute Gasteiger partial charge is 0.457 e. The molecule has 0 fully saturated rings. The summed E-state index contributed by atoms with van der Waals surface area (Å²) in [6.07, 6.45) is 0. The van der Waals surface area contributed by atoms with Crippen molar-refractivity contribution in [2.75, 3.05) is 6.79 Å². The zero-order valence-electron chi connectivity index (χ0n) is 10.7. The molecule has 2 aromatic rings. The Morgan fingerprint density at radius 1 is 1.16 bits per heavy atom. The fourth-order valence-corrected chi connectivity index (χ4v) is 2.08. The zero-order valence-corrected chi connectivity index (χ0v) is 10.7. The first-order valence-electron chi connectivity index (χ1n) is 6.14. The summed E-state index contributed by atoms with van der Waals surface area (Å²) in [5.41, 5.74) is 7.78. The van der Waals surface area contributed by atoms with Crippen LogP contribution in [0.4, 0.5) is 0 Å². The Hall–Kier alpha value is -2.20. The monoisotopic (exact) mass is 257 g/mol. The summed E-state index contributed by atoms with van der Waals surface area (Å²) < 4.78 is 16.6. The molecule has 4 heteroatoms. The van der Waals surface area contributed by atoms with Gasteiger partial charge in [-0.1, -0.05) is 18.2 Å². The Morgan fingerprint density at radius 2 is 2.00 bits per heavy atom.